The van der Waals surface area contributed by atoms with Crippen molar-refractivity contribution in [2.24, 2.45) is 7.05 Å². The van der Waals surface area contributed by atoms with Crippen LogP contribution in [0.25, 0.3) is 5.69 Å². The van der Waals surface area contributed by atoms with Crippen molar-refractivity contribution in [1.82, 2.24) is 9.36 Å². The van der Waals surface area contributed by atoms with Crippen molar-refractivity contribution >= 4 is 45.1 Å². The quantitative estimate of drug-likeness (QED) is 0.567. The highest BCUT2D eigenvalue weighted by atomic mass is 79.9. The number of hydrogen-bond acceptors (Lipinski definition) is 4. The first-order valence-corrected chi connectivity index (χ1v) is 9.72. The normalized spacial score (nSPS) is 10.6. The van der Waals surface area contributed by atoms with Gasteiger partial charge in [-0.1, -0.05) is 45.7 Å². The molecule has 0 atom stereocenters. The molecular formula is C20H17BrClN3O4. The molecule has 3 rings (SSSR count). The van der Waals surface area contributed by atoms with Crippen molar-refractivity contribution < 1.29 is 14.3 Å². The fourth-order valence-electron chi connectivity index (χ4n) is 2.75. The van der Waals surface area contributed by atoms with Crippen molar-refractivity contribution in [3.8, 4) is 5.69 Å². The van der Waals surface area contributed by atoms with Crippen LogP contribution in [0.5, 0.6) is 0 Å². The maximum Gasteiger partial charge on any atom is 0.340 e. The molecule has 29 heavy (non-hydrogen) atoms. The van der Waals surface area contributed by atoms with Crippen molar-refractivity contribution in [2.45, 2.75) is 6.92 Å². The number of rotatable bonds is 5. The molecule has 7 nitrogen and oxygen atoms in total. The molecule has 1 heterocycles. The summed E-state index contributed by atoms with van der Waals surface area (Å²) in [4.78, 5) is 37.2. The first-order valence-electron chi connectivity index (χ1n) is 8.55. The molecule has 1 aromatic heterocycles. The van der Waals surface area contributed by atoms with Gasteiger partial charge in [0.25, 0.3) is 11.5 Å². The van der Waals surface area contributed by atoms with Crippen molar-refractivity contribution in [1.29, 1.82) is 0 Å². The van der Waals surface area contributed by atoms with Crippen LogP contribution in [0.15, 0.2) is 57.8 Å². The molecule has 0 fully saturated rings. The van der Waals surface area contributed by atoms with Crippen LogP contribution >= 0.6 is 27.5 Å². The number of nitrogens with zero attached hydrogens (tertiary/aromatic N) is 2. The van der Waals surface area contributed by atoms with Gasteiger partial charge < -0.3 is 10.1 Å². The van der Waals surface area contributed by atoms with Gasteiger partial charge in [-0.2, -0.15) is 0 Å². The number of amides is 1. The second-order valence-corrected chi connectivity index (χ2v) is 7.51. The number of anilines is 1. The molecule has 0 aliphatic heterocycles. The maximum atomic E-state index is 12.8. The largest absolute Gasteiger partial charge is 0.452 e. The van der Waals surface area contributed by atoms with Gasteiger partial charge in [0, 0.05) is 11.5 Å². The van der Waals surface area contributed by atoms with Gasteiger partial charge in [-0.3, -0.25) is 14.3 Å². The average Bonchev–Trinajstić information content (AvgIpc) is 2.92. The molecule has 3 aromatic rings. The summed E-state index contributed by atoms with van der Waals surface area (Å²) in [6, 6.07) is 13.8. The smallest absolute Gasteiger partial charge is 0.340 e. The van der Waals surface area contributed by atoms with Crippen LogP contribution in [0.4, 0.5) is 5.69 Å². The van der Waals surface area contributed by atoms with E-state index >= 15 is 0 Å². The van der Waals surface area contributed by atoms with Crippen LogP contribution < -0.4 is 10.9 Å². The first-order chi connectivity index (χ1) is 13.8. The third-order valence-electron chi connectivity index (χ3n) is 4.30. The average molecular weight is 479 g/mol. The standard InChI is InChI=1S/C20H17BrClN3O4/c1-12-18(19(27)25(24(12)2)14-6-4-3-5-7-14)23-17(26)11-29-20(28)15-10-13(21)8-9-16(15)22/h3-10H,11H2,1-2H3,(H,23,26). The molecule has 0 saturated heterocycles. The van der Waals surface area contributed by atoms with Gasteiger partial charge in [0.15, 0.2) is 6.61 Å². The summed E-state index contributed by atoms with van der Waals surface area (Å²) in [6.45, 7) is 1.16. The summed E-state index contributed by atoms with van der Waals surface area (Å²) < 4.78 is 8.76. The van der Waals surface area contributed by atoms with Gasteiger partial charge in [-0.05, 0) is 37.3 Å². The van der Waals surface area contributed by atoms with Gasteiger partial charge in [0.2, 0.25) is 0 Å². The van der Waals surface area contributed by atoms with E-state index in [1.165, 1.54) is 10.7 Å². The number of esters is 1. The van der Waals surface area contributed by atoms with Crippen LogP contribution in [-0.2, 0) is 16.6 Å². The Morgan fingerprint density at radius 1 is 1.17 bits per heavy atom. The Kier molecular flexibility index (Phi) is 6.24. The van der Waals surface area contributed by atoms with Crippen molar-refractivity contribution in [3.63, 3.8) is 0 Å². The highest BCUT2D eigenvalue weighted by Crippen LogP contribution is 2.21. The number of ether oxygens (including phenoxy) is 1. The topological polar surface area (TPSA) is 82.3 Å². The summed E-state index contributed by atoms with van der Waals surface area (Å²) in [6.07, 6.45) is 0. The lowest BCUT2D eigenvalue weighted by Gasteiger charge is -2.07. The molecule has 0 saturated carbocycles. The fraction of sp³-hybridized carbons (Fsp3) is 0.150. The Balaban J connectivity index is 1.74. The predicted octanol–water partition coefficient (Wildman–Crippen LogP) is 3.70. The molecule has 2 aromatic carbocycles. The molecule has 9 heteroatoms. The molecule has 1 amide bonds. The highest BCUT2D eigenvalue weighted by molar-refractivity contribution is 9.10. The molecule has 0 unspecified atom stereocenters. The Morgan fingerprint density at radius 3 is 2.55 bits per heavy atom. The van der Waals surface area contributed by atoms with Gasteiger partial charge in [-0.25, -0.2) is 9.48 Å². The molecule has 150 valence electrons. The summed E-state index contributed by atoms with van der Waals surface area (Å²) in [5, 5.41) is 2.74. The number of para-hydroxylation sites is 1. The molecule has 0 aliphatic carbocycles. The number of hydrogen-bond donors (Lipinski definition) is 1. The number of carbonyl (C=O) groups excluding carboxylic acids is 2. The van der Waals surface area contributed by atoms with E-state index in [0.717, 1.165) is 0 Å². The third-order valence-corrected chi connectivity index (χ3v) is 5.12. The van der Waals surface area contributed by atoms with Gasteiger partial charge >= 0.3 is 5.97 Å². The van der Waals surface area contributed by atoms with Gasteiger partial charge in [0.1, 0.15) is 5.69 Å². The summed E-state index contributed by atoms with van der Waals surface area (Å²) in [5.41, 5.74) is 1.10. The third kappa shape index (κ3) is 4.44. The van der Waals surface area contributed by atoms with Crippen LogP contribution in [-0.4, -0.2) is 27.8 Å². The Morgan fingerprint density at radius 2 is 1.86 bits per heavy atom. The number of carbonyl (C=O) groups is 2. The Bertz CT molecular complexity index is 1140. The fourth-order valence-corrected chi connectivity index (χ4v) is 3.31. The lowest BCUT2D eigenvalue weighted by Crippen LogP contribution is -2.26. The monoisotopic (exact) mass is 477 g/mol. The molecule has 1 N–H and O–H groups in total. The van der Waals surface area contributed by atoms with E-state index in [1.807, 2.05) is 18.2 Å². The lowest BCUT2D eigenvalue weighted by atomic mass is 10.2. The van der Waals surface area contributed by atoms with Gasteiger partial charge in [-0.15, -0.1) is 0 Å². The first kappa shape index (κ1) is 20.9. The highest BCUT2D eigenvalue weighted by Gasteiger charge is 2.19. The van der Waals surface area contributed by atoms with E-state index in [0.29, 0.717) is 15.9 Å². The zero-order chi connectivity index (χ0) is 21.1. The van der Waals surface area contributed by atoms with Crippen LogP contribution in [0.3, 0.4) is 0 Å². The van der Waals surface area contributed by atoms with Crippen LogP contribution in [0.2, 0.25) is 5.02 Å². The number of benzene rings is 2. The van der Waals surface area contributed by atoms with E-state index in [1.54, 1.807) is 42.9 Å². The zero-order valence-corrected chi connectivity index (χ0v) is 18.0. The van der Waals surface area contributed by atoms with E-state index in [-0.39, 0.29) is 21.8 Å². The lowest BCUT2D eigenvalue weighted by molar-refractivity contribution is -0.119. The van der Waals surface area contributed by atoms with Crippen LogP contribution in [0, 0.1) is 6.92 Å². The van der Waals surface area contributed by atoms with Crippen molar-refractivity contribution in [2.75, 3.05) is 11.9 Å². The van der Waals surface area contributed by atoms with E-state index in [2.05, 4.69) is 21.2 Å². The minimum atomic E-state index is -0.738. The molecular weight excluding hydrogens is 462 g/mol. The second kappa shape index (κ2) is 8.67. The number of nitrogens with one attached hydrogen (secondary N) is 1. The summed E-state index contributed by atoms with van der Waals surface area (Å²) in [5.74, 6) is -1.37. The molecule has 0 aliphatic rings. The second-order valence-electron chi connectivity index (χ2n) is 6.18. The van der Waals surface area contributed by atoms with E-state index in [9.17, 15) is 14.4 Å². The number of halogens is 2. The van der Waals surface area contributed by atoms with Crippen LogP contribution in [0.1, 0.15) is 16.1 Å². The Hall–Kier alpha value is -2.84. The van der Waals surface area contributed by atoms with E-state index in [4.69, 9.17) is 16.3 Å². The maximum absolute atomic E-state index is 12.8. The molecule has 0 radical (unpaired) electrons. The van der Waals surface area contributed by atoms with E-state index < -0.39 is 18.5 Å². The number of aromatic nitrogens is 2. The molecule has 0 bridgehead atoms. The minimum absolute atomic E-state index is 0.123. The Labute approximate surface area is 180 Å². The van der Waals surface area contributed by atoms with Gasteiger partial charge in [0.05, 0.1) is 22.0 Å². The minimum Gasteiger partial charge on any atom is -0.452 e. The predicted molar refractivity (Wildman–Crippen MR) is 114 cm³/mol. The SMILES string of the molecule is Cc1c(NC(=O)COC(=O)c2cc(Br)ccc2Cl)c(=O)n(-c2ccccc2)n1C. The summed E-state index contributed by atoms with van der Waals surface area (Å²) in [7, 11) is 1.72. The zero-order valence-electron chi connectivity index (χ0n) is 15.6. The van der Waals surface area contributed by atoms with Crippen molar-refractivity contribution in [3.05, 3.63) is 79.6 Å². The molecule has 0 spiro atoms. The summed E-state index contributed by atoms with van der Waals surface area (Å²) >= 11 is 9.24.